The van der Waals surface area contributed by atoms with Gasteiger partial charge in [-0.05, 0) is 36.4 Å². The molecule has 3 aromatic rings. The van der Waals surface area contributed by atoms with E-state index in [9.17, 15) is 0 Å². The largest absolute Gasteiger partial charge is 0.363 e. The molecule has 0 spiro atoms. The quantitative estimate of drug-likeness (QED) is 0.785. The lowest BCUT2D eigenvalue weighted by molar-refractivity contribution is 1.07. The van der Waals surface area contributed by atoms with Crippen LogP contribution in [0.25, 0.3) is 11.3 Å². The molecule has 5 nitrogen and oxygen atoms in total. The van der Waals surface area contributed by atoms with Gasteiger partial charge in [0, 0.05) is 42.8 Å². The van der Waals surface area contributed by atoms with Crippen LogP contribution in [0.3, 0.4) is 0 Å². The van der Waals surface area contributed by atoms with E-state index in [4.69, 9.17) is 11.6 Å². The minimum absolute atomic E-state index is 0.521. The lowest BCUT2D eigenvalue weighted by atomic mass is 10.2. The summed E-state index contributed by atoms with van der Waals surface area (Å²) in [5.41, 5.74) is 2.66. The van der Waals surface area contributed by atoms with Crippen molar-refractivity contribution in [3.8, 4) is 11.3 Å². The maximum absolute atomic E-state index is 5.99. The zero-order valence-electron chi connectivity index (χ0n) is 12.9. The summed E-state index contributed by atoms with van der Waals surface area (Å²) < 4.78 is 0. The maximum atomic E-state index is 5.99. The van der Waals surface area contributed by atoms with Crippen molar-refractivity contribution in [3.05, 3.63) is 59.9 Å². The van der Waals surface area contributed by atoms with Crippen molar-refractivity contribution in [1.82, 2.24) is 15.0 Å². The van der Waals surface area contributed by atoms with Crippen molar-refractivity contribution in [2.75, 3.05) is 24.3 Å². The van der Waals surface area contributed by atoms with Crippen LogP contribution in [0.1, 0.15) is 0 Å². The van der Waals surface area contributed by atoms with Crippen molar-refractivity contribution in [2.45, 2.75) is 0 Å². The SMILES string of the molecule is CN(C)c1cc(-c2ccnc(Nc3cccc(Cl)c3)n2)ccn1. The third-order valence-corrected chi connectivity index (χ3v) is 3.47. The summed E-state index contributed by atoms with van der Waals surface area (Å²) in [7, 11) is 3.91. The molecule has 1 aromatic carbocycles. The highest BCUT2D eigenvalue weighted by atomic mass is 35.5. The highest BCUT2D eigenvalue weighted by Gasteiger charge is 2.05. The Kier molecular flexibility index (Phi) is 4.39. The fourth-order valence-electron chi connectivity index (χ4n) is 2.10. The van der Waals surface area contributed by atoms with Crippen LogP contribution in [0, 0.1) is 0 Å². The smallest absolute Gasteiger partial charge is 0.227 e. The highest BCUT2D eigenvalue weighted by molar-refractivity contribution is 6.30. The molecule has 0 radical (unpaired) electrons. The van der Waals surface area contributed by atoms with Gasteiger partial charge < -0.3 is 10.2 Å². The van der Waals surface area contributed by atoms with Crippen LogP contribution in [-0.2, 0) is 0 Å². The molecule has 0 bridgehead atoms. The molecule has 0 saturated carbocycles. The number of rotatable bonds is 4. The summed E-state index contributed by atoms with van der Waals surface area (Å²) in [6, 6.07) is 13.2. The van der Waals surface area contributed by atoms with Crippen LogP contribution in [0.5, 0.6) is 0 Å². The Balaban J connectivity index is 1.89. The van der Waals surface area contributed by atoms with Gasteiger partial charge in [-0.1, -0.05) is 17.7 Å². The first-order valence-electron chi connectivity index (χ1n) is 7.11. The Hall–Kier alpha value is -2.66. The second kappa shape index (κ2) is 6.62. The van der Waals surface area contributed by atoms with Gasteiger partial charge in [0.15, 0.2) is 0 Å². The van der Waals surface area contributed by atoms with Gasteiger partial charge in [-0.25, -0.2) is 15.0 Å². The maximum Gasteiger partial charge on any atom is 0.227 e. The second-order valence-corrected chi connectivity index (χ2v) is 5.63. The van der Waals surface area contributed by atoms with Gasteiger partial charge in [-0.3, -0.25) is 0 Å². The number of anilines is 3. The molecule has 1 N–H and O–H groups in total. The van der Waals surface area contributed by atoms with Crippen LogP contribution in [0.2, 0.25) is 5.02 Å². The standard InChI is InChI=1S/C17H16ClN5/c1-23(2)16-10-12(6-8-19-16)15-7-9-20-17(22-15)21-14-5-3-4-13(18)11-14/h3-11H,1-2H3,(H,20,21,22). The first-order chi connectivity index (χ1) is 11.1. The average molecular weight is 326 g/mol. The van der Waals surface area contributed by atoms with E-state index in [1.165, 1.54) is 0 Å². The van der Waals surface area contributed by atoms with Crippen LogP contribution in [0.4, 0.5) is 17.5 Å². The van der Waals surface area contributed by atoms with Crippen LogP contribution in [0.15, 0.2) is 54.9 Å². The summed E-state index contributed by atoms with van der Waals surface area (Å²) in [6.45, 7) is 0. The van der Waals surface area contributed by atoms with E-state index in [0.29, 0.717) is 11.0 Å². The molecule has 6 heteroatoms. The van der Waals surface area contributed by atoms with Crippen LogP contribution >= 0.6 is 11.6 Å². The summed E-state index contributed by atoms with van der Waals surface area (Å²) >= 11 is 5.99. The normalized spacial score (nSPS) is 10.4. The van der Waals surface area contributed by atoms with E-state index in [1.807, 2.05) is 61.5 Å². The summed E-state index contributed by atoms with van der Waals surface area (Å²) in [5.74, 6) is 1.40. The Morgan fingerprint density at radius 2 is 1.83 bits per heavy atom. The number of pyridine rings is 1. The van der Waals surface area contributed by atoms with Gasteiger partial charge in [-0.2, -0.15) is 0 Å². The lowest BCUT2D eigenvalue weighted by Crippen LogP contribution is -2.10. The Labute approximate surface area is 140 Å². The molecule has 23 heavy (non-hydrogen) atoms. The van der Waals surface area contributed by atoms with Crippen molar-refractivity contribution < 1.29 is 0 Å². The molecular formula is C17H16ClN5. The molecule has 3 rings (SSSR count). The zero-order valence-corrected chi connectivity index (χ0v) is 13.6. The number of benzene rings is 1. The topological polar surface area (TPSA) is 53.9 Å². The number of nitrogens with one attached hydrogen (secondary N) is 1. The van der Waals surface area contributed by atoms with Gasteiger partial charge in [0.2, 0.25) is 5.95 Å². The van der Waals surface area contributed by atoms with Crippen molar-refractivity contribution in [2.24, 2.45) is 0 Å². The van der Waals surface area contributed by atoms with Gasteiger partial charge in [0.25, 0.3) is 0 Å². The molecule has 2 aromatic heterocycles. The molecule has 0 aliphatic heterocycles. The summed E-state index contributed by atoms with van der Waals surface area (Å²) in [5, 5.41) is 3.82. The van der Waals surface area contributed by atoms with E-state index in [-0.39, 0.29) is 0 Å². The van der Waals surface area contributed by atoms with Gasteiger partial charge >= 0.3 is 0 Å². The van der Waals surface area contributed by atoms with Crippen LogP contribution in [-0.4, -0.2) is 29.0 Å². The number of halogens is 1. The molecule has 2 heterocycles. The predicted octanol–water partition coefficient (Wildman–Crippen LogP) is 4.00. The van der Waals surface area contributed by atoms with E-state index < -0.39 is 0 Å². The number of hydrogen-bond donors (Lipinski definition) is 1. The summed E-state index contributed by atoms with van der Waals surface area (Å²) in [6.07, 6.45) is 3.50. The van der Waals surface area contributed by atoms with E-state index in [1.54, 1.807) is 12.4 Å². The van der Waals surface area contributed by atoms with Gasteiger partial charge in [0.1, 0.15) is 5.82 Å². The zero-order chi connectivity index (χ0) is 16.2. The third kappa shape index (κ3) is 3.76. The molecule has 0 atom stereocenters. The number of aromatic nitrogens is 3. The van der Waals surface area contributed by atoms with Crippen molar-refractivity contribution in [3.63, 3.8) is 0 Å². The van der Waals surface area contributed by atoms with E-state index in [2.05, 4.69) is 20.3 Å². The highest BCUT2D eigenvalue weighted by Crippen LogP contribution is 2.22. The third-order valence-electron chi connectivity index (χ3n) is 3.24. The average Bonchev–Trinajstić information content (AvgIpc) is 2.55. The van der Waals surface area contributed by atoms with E-state index >= 15 is 0 Å². The fourth-order valence-corrected chi connectivity index (χ4v) is 2.29. The number of nitrogens with zero attached hydrogens (tertiary/aromatic N) is 4. The molecule has 0 saturated heterocycles. The molecule has 0 aliphatic rings. The monoisotopic (exact) mass is 325 g/mol. The molecular weight excluding hydrogens is 310 g/mol. The first-order valence-corrected chi connectivity index (χ1v) is 7.49. The van der Waals surface area contributed by atoms with Crippen molar-refractivity contribution in [1.29, 1.82) is 0 Å². The van der Waals surface area contributed by atoms with Gasteiger partial charge in [-0.15, -0.1) is 0 Å². The van der Waals surface area contributed by atoms with E-state index in [0.717, 1.165) is 22.8 Å². The molecule has 0 aliphatic carbocycles. The Bertz CT molecular complexity index is 819. The fraction of sp³-hybridized carbons (Fsp3) is 0.118. The predicted molar refractivity (Wildman–Crippen MR) is 94.3 cm³/mol. The van der Waals surface area contributed by atoms with Crippen LogP contribution < -0.4 is 10.2 Å². The molecule has 0 fully saturated rings. The minimum Gasteiger partial charge on any atom is -0.363 e. The Morgan fingerprint density at radius 1 is 1.00 bits per heavy atom. The summed E-state index contributed by atoms with van der Waals surface area (Å²) in [4.78, 5) is 15.1. The lowest BCUT2D eigenvalue weighted by Gasteiger charge is -2.12. The van der Waals surface area contributed by atoms with Gasteiger partial charge in [0.05, 0.1) is 5.69 Å². The minimum atomic E-state index is 0.521. The first kappa shape index (κ1) is 15.2. The Morgan fingerprint density at radius 3 is 2.61 bits per heavy atom. The molecule has 116 valence electrons. The second-order valence-electron chi connectivity index (χ2n) is 5.20. The molecule has 0 amide bonds. The number of hydrogen-bond acceptors (Lipinski definition) is 5. The molecule has 0 unspecified atom stereocenters. The van der Waals surface area contributed by atoms with Crippen molar-refractivity contribution >= 4 is 29.1 Å².